The second kappa shape index (κ2) is 5.72. The van der Waals surface area contributed by atoms with Crippen molar-refractivity contribution in [1.82, 2.24) is 15.0 Å². The molecule has 6 heteroatoms. The first-order valence-corrected chi connectivity index (χ1v) is 5.45. The Balaban J connectivity index is 2.08. The number of aliphatic carboxylic acids is 1. The van der Waals surface area contributed by atoms with Crippen molar-refractivity contribution >= 4 is 11.8 Å². The summed E-state index contributed by atoms with van der Waals surface area (Å²) in [5.41, 5.74) is 0.819. The molecule has 0 radical (unpaired) electrons. The van der Waals surface area contributed by atoms with E-state index < -0.39 is 5.97 Å². The van der Waals surface area contributed by atoms with Gasteiger partial charge in [-0.15, -0.1) is 0 Å². The first-order chi connectivity index (χ1) is 8.75. The van der Waals surface area contributed by atoms with Crippen LogP contribution >= 0.6 is 0 Å². The van der Waals surface area contributed by atoms with Crippen molar-refractivity contribution in [2.24, 2.45) is 0 Å². The van der Waals surface area contributed by atoms with Crippen molar-refractivity contribution in [3.8, 4) is 11.4 Å². The molecule has 0 aliphatic heterocycles. The molecule has 2 aromatic heterocycles. The summed E-state index contributed by atoms with van der Waals surface area (Å²) < 4.78 is 0. The minimum Gasteiger partial charge on any atom is -0.481 e. The van der Waals surface area contributed by atoms with Gasteiger partial charge in [-0.05, 0) is 18.2 Å². The van der Waals surface area contributed by atoms with Crippen molar-refractivity contribution in [2.45, 2.75) is 6.42 Å². The van der Waals surface area contributed by atoms with Crippen molar-refractivity contribution in [2.75, 3.05) is 11.9 Å². The third-order valence-corrected chi connectivity index (χ3v) is 2.22. The normalized spacial score (nSPS) is 10.0. The number of carboxylic acids is 1. The number of nitrogens with zero attached hydrogens (tertiary/aromatic N) is 3. The van der Waals surface area contributed by atoms with E-state index in [-0.39, 0.29) is 6.42 Å². The largest absolute Gasteiger partial charge is 0.481 e. The molecular formula is C12H12N4O2. The van der Waals surface area contributed by atoms with Crippen LogP contribution in [-0.2, 0) is 4.79 Å². The van der Waals surface area contributed by atoms with Crippen molar-refractivity contribution < 1.29 is 9.90 Å². The number of hydrogen-bond donors (Lipinski definition) is 2. The predicted octanol–water partition coefficient (Wildman–Crippen LogP) is 1.43. The molecule has 2 aromatic rings. The number of carboxylic acid groups (broad SMARTS) is 1. The van der Waals surface area contributed by atoms with Gasteiger partial charge < -0.3 is 10.4 Å². The zero-order valence-electron chi connectivity index (χ0n) is 9.58. The maximum Gasteiger partial charge on any atom is 0.305 e. The first-order valence-electron chi connectivity index (χ1n) is 5.45. The van der Waals surface area contributed by atoms with Crippen LogP contribution in [0.25, 0.3) is 11.4 Å². The van der Waals surface area contributed by atoms with Crippen molar-refractivity contribution in [3.63, 3.8) is 0 Å². The zero-order chi connectivity index (χ0) is 12.8. The molecule has 0 fully saturated rings. The van der Waals surface area contributed by atoms with Gasteiger partial charge in [-0.25, -0.2) is 9.97 Å². The summed E-state index contributed by atoms with van der Waals surface area (Å²) in [4.78, 5) is 22.8. The van der Waals surface area contributed by atoms with Gasteiger partial charge in [0.25, 0.3) is 0 Å². The van der Waals surface area contributed by atoms with Gasteiger partial charge in [-0.1, -0.05) is 0 Å². The first kappa shape index (κ1) is 12.0. The molecule has 2 heterocycles. The van der Waals surface area contributed by atoms with E-state index in [0.29, 0.717) is 18.2 Å². The average Bonchev–Trinajstić information content (AvgIpc) is 2.40. The molecule has 0 aromatic carbocycles. The third kappa shape index (κ3) is 3.24. The zero-order valence-corrected chi connectivity index (χ0v) is 9.58. The molecule has 18 heavy (non-hydrogen) atoms. The quantitative estimate of drug-likeness (QED) is 0.827. The van der Waals surface area contributed by atoms with Gasteiger partial charge in [0.2, 0.25) is 0 Å². The van der Waals surface area contributed by atoms with Crippen LogP contribution in [0.4, 0.5) is 5.82 Å². The number of aromatic nitrogens is 3. The minimum atomic E-state index is -0.843. The summed E-state index contributed by atoms with van der Waals surface area (Å²) in [6, 6.07) is 5.37. The number of hydrogen-bond acceptors (Lipinski definition) is 5. The van der Waals surface area contributed by atoms with Crippen molar-refractivity contribution in [3.05, 3.63) is 36.8 Å². The van der Waals surface area contributed by atoms with Crippen LogP contribution in [0.1, 0.15) is 6.42 Å². The van der Waals surface area contributed by atoms with E-state index in [1.165, 1.54) is 0 Å². The van der Waals surface area contributed by atoms with Gasteiger partial charge in [-0.2, -0.15) is 0 Å². The van der Waals surface area contributed by atoms with Gasteiger partial charge >= 0.3 is 5.97 Å². The minimum absolute atomic E-state index is 0.0478. The predicted molar refractivity (Wildman–Crippen MR) is 66.0 cm³/mol. The van der Waals surface area contributed by atoms with E-state index in [0.717, 1.165) is 5.56 Å². The summed E-state index contributed by atoms with van der Waals surface area (Å²) in [5, 5.41) is 11.5. The lowest BCUT2D eigenvalue weighted by atomic mass is 10.3. The van der Waals surface area contributed by atoms with E-state index in [4.69, 9.17) is 5.11 Å². The lowest BCUT2D eigenvalue weighted by Gasteiger charge is -2.05. The van der Waals surface area contributed by atoms with E-state index >= 15 is 0 Å². The molecule has 6 nitrogen and oxygen atoms in total. The fourth-order valence-electron chi connectivity index (χ4n) is 1.39. The van der Waals surface area contributed by atoms with E-state index in [1.54, 1.807) is 24.7 Å². The van der Waals surface area contributed by atoms with Crippen LogP contribution < -0.4 is 5.32 Å². The van der Waals surface area contributed by atoms with Crippen LogP contribution in [0.3, 0.4) is 0 Å². The highest BCUT2D eigenvalue weighted by molar-refractivity contribution is 5.67. The number of anilines is 1. The number of rotatable bonds is 5. The van der Waals surface area contributed by atoms with Gasteiger partial charge in [0.05, 0.1) is 6.42 Å². The summed E-state index contributed by atoms with van der Waals surface area (Å²) in [6.45, 7) is 0.332. The highest BCUT2D eigenvalue weighted by Crippen LogP contribution is 2.14. The molecule has 0 saturated heterocycles. The molecule has 0 aliphatic rings. The number of nitrogens with one attached hydrogen (secondary N) is 1. The highest BCUT2D eigenvalue weighted by Gasteiger charge is 2.03. The lowest BCUT2D eigenvalue weighted by Crippen LogP contribution is -2.09. The summed E-state index contributed by atoms with van der Waals surface area (Å²) in [6.07, 6.45) is 5.03. The van der Waals surface area contributed by atoms with Gasteiger partial charge in [-0.3, -0.25) is 9.78 Å². The molecule has 0 spiro atoms. The van der Waals surface area contributed by atoms with Gasteiger partial charge in [0.15, 0.2) is 5.82 Å². The van der Waals surface area contributed by atoms with Crippen LogP contribution in [0.5, 0.6) is 0 Å². The Hall–Kier alpha value is -2.50. The second-order valence-corrected chi connectivity index (χ2v) is 3.58. The average molecular weight is 244 g/mol. The standard InChI is InChI=1S/C12H12N4O2/c17-11(18)4-7-14-10-3-6-15-12(16-10)9-2-1-5-13-8-9/h1-3,5-6,8H,4,7H2,(H,17,18)(H,14,15,16). The fraction of sp³-hybridized carbons (Fsp3) is 0.167. The molecule has 0 amide bonds. The molecule has 0 unspecified atom stereocenters. The maximum absolute atomic E-state index is 10.4. The Morgan fingerprint density at radius 3 is 2.94 bits per heavy atom. The Bertz CT molecular complexity index is 531. The number of pyridine rings is 1. The Morgan fingerprint density at radius 2 is 2.22 bits per heavy atom. The summed E-state index contributed by atoms with van der Waals surface area (Å²) in [5.74, 6) is 0.317. The Morgan fingerprint density at radius 1 is 1.33 bits per heavy atom. The highest BCUT2D eigenvalue weighted by atomic mass is 16.4. The molecule has 0 bridgehead atoms. The SMILES string of the molecule is O=C(O)CCNc1ccnc(-c2cccnc2)n1. The molecule has 0 atom stereocenters. The summed E-state index contributed by atoms with van der Waals surface area (Å²) >= 11 is 0. The van der Waals surface area contributed by atoms with Crippen LogP contribution in [-0.4, -0.2) is 32.6 Å². The van der Waals surface area contributed by atoms with Crippen LogP contribution in [0.2, 0.25) is 0 Å². The monoisotopic (exact) mass is 244 g/mol. The smallest absolute Gasteiger partial charge is 0.305 e. The topological polar surface area (TPSA) is 88.0 Å². The maximum atomic E-state index is 10.4. The number of carbonyl (C=O) groups is 1. The third-order valence-electron chi connectivity index (χ3n) is 2.22. The lowest BCUT2D eigenvalue weighted by molar-refractivity contribution is -0.136. The Labute approximate surface area is 104 Å². The fourth-order valence-corrected chi connectivity index (χ4v) is 1.39. The van der Waals surface area contributed by atoms with Crippen molar-refractivity contribution in [1.29, 1.82) is 0 Å². The Kier molecular flexibility index (Phi) is 3.80. The molecule has 0 aliphatic carbocycles. The molecule has 2 rings (SSSR count). The molecule has 2 N–H and O–H groups in total. The van der Waals surface area contributed by atoms with E-state index in [1.807, 2.05) is 12.1 Å². The summed E-state index contributed by atoms with van der Waals surface area (Å²) in [7, 11) is 0. The van der Waals surface area contributed by atoms with E-state index in [9.17, 15) is 4.79 Å². The van der Waals surface area contributed by atoms with E-state index in [2.05, 4.69) is 20.3 Å². The van der Waals surface area contributed by atoms with Gasteiger partial charge in [0, 0.05) is 30.7 Å². The molecule has 0 saturated carbocycles. The van der Waals surface area contributed by atoms with Gasteiger partial charge in [0.1, 0.15) is 5.82 Å². The molecular weight excluding hydrogens is 232 g/mol. The second-order valence-electron chi connectivity index (χ2n) is 3.58. The molecule has 92 valence electrons. The van der Waals surface area contributed by atoms with Crippen LogP contribution in [0, 0.1) is 0 Å². The van der Waals surface area contributed by atoms with Crippen LogP contribution in [0.15, 0.2) is 36.8 Å².